The summed E-state index contributed by atoms with van der Waals surface area (Å²) in [5.74, 6) is 0.198. The van der Waals surface area contributed by atoms with Crippen LogP contribution in [0.25, 0.3) is 0 Å². The first-order valence-electron chi connectivity index (χ1n) is 5.66. The fourth-order valence-corrected chi connectivity index (χ4v) is 2.80. The van der Waals surface area contributed by atoms with Crippen molar-refractivity contribution in [3.05, 3.63) is 57.8 Å². The Morgan fingerprint density at radius 1 is 1.24 bits per heavy atom. The molecule has 0 radical (unpaired) electrons. The van der Waals surface area contributed by atoms with E-state index in [4.69, 9.17) is 0 Å². The molecular weight excluding hydrogens is 230 g/mol. The van der Waals surface area contributed by atoms with Gasteiger partial charge in [-0.15, -0.1) is 11.3 Å². The van der Waals surface area contributed by atoms with Gasteiger partial charge in [0, 0.05) is 10.4 Å². The molecule has 1 N–H and O–H groups in total. The maximum absolute atomic E-state index is 12.2. The zero-order valence-corrected chi connectivity index (χ0v) is 10.3. The van der Waals surface area contributed by atoms with E-state index in [1.54, 1.807) is 11.3 Å². The molecule has 3 rings (SSSR count). The second kappa shape index (κ2) is 4.09. The molecule has 1 saturated heterocycles. The van der Waals surface area contributed by atoms with E-state index in [0.29, 0.717) is 0 Å². The Morgan fingerprint density at radius 3 is 2.65 bits per heavy atom. The highest BCUT2D eigenvalue weighted by atomic mass is 32.1. The van der Waals surface area contributed by atoms with E-state index in [2.05, 4.69) is 11.4 Å². The average molecular weight is 243 g/mol. The van der Waals surface area contributed by atoms with E-state index < -0.39 is 0 Å². The lowest BCUT2D eigenvalue weighted by atomic mass is 10.0. The summed E-state index contributed by atoms with van der Waals surface area (Å²) in [6.07, 6.45) is 0. The topological polar surface area (TPSA) is 39.0 Å². The lowest BCUT2D eigenvalue weighted by molar-refractivity contribution is 0.0988. The van der Waals surface area contributed by atoms with Crippen molar-refractivity contribution in [2.45, 2.75) is 19.0 Å². The van der Waals surface area contributed by atoms with Crippen LogP contribution in [0.1, 0.15) is 26.8 Å². The van der Waals surface area contributed by atoms with Crippen molar-refractivity contribution in [3.63, 3.8) is 0 Å². The van der Waals surface area contributed by atoms with Gasteiger partial charge in [0.15, 0.2) is 5.78 Å². The van der Waals surface area contributed by atoms with Crippen molar-refractivity contribution < 1.29 is 4.79 Å². The van der Waals surface area contributed by atoms with E-state index in [1.807, 2.05) is 42.6 Å². The summed E-state index contributed by atoms with van der Waals surface area (Å²) < 4.78 is 0. The molecular formula is C14H13NOS. The van der Waals surface area contributed by atoms with Gasteiger partial charge in [-0.3, -0.25) is 10.1 Å². The monoisotopic (exact) mass is 243 g/mol. The molecule has 0 aliphatic carbocycles. The highest BCUT2D eigenvalue weighted by Crippen LogP contribution is 2.34. The third-order valence-corrected chi connectivity index (χ3v) is 4.01. The lowest BCUT2D eigenvalue weighted by Crippen LogP contribution is -2.10. The second-order valence-electron chi connectivity index (χ2n) is 4.37. The van der Waals surface area contributed by atoms with E-state index in [0.717, 1.165) is 5.56 Å². The van der Waals surface area contributed by atoms with E-state index in [-0.39, 0.29) is 17.9 Å². The number of Topliss-reactive ketones (excluding diaryl/α,β-unsaturated/α-hetero) is 1. The molecule has 0 saturated carbocycles. The molecule has 2 atom stereocenters. The molecule has 0 amide bonds. The molecule has 0 bridgehead atoms. The Hall–Kier alpha value is -1.45. The fraction of sp³-hybridized carbons (Fsp3) is 0.214. The first-order chi connectivity index (χ1) is 8.25. The molecule has 1 aliphatic heterocycles. The number of ketones is 1. The zero-order valence-electron chi connectivity index (χ0n) is 9.51. The predicted octanol–water partition coefficient (Wildman–Crippen LogP) is 2.95. The molecule has 0 spiro atoms. The molecule has 2 nitrogen and oxygen atoms in total. The molecule has 17 heavy (non-hydrogen) atoms. The number of hydrogen-bond acceptors (Lipinski definition) is 3. The Bertz CT molecular complexity index is 530. The van der Waals surface area contributed by atoms with Crippen LogP contribution >= 0.6 is 11.3 Å². The van der Waals surface area contributed by atoms with Crippen LogP contribution in [0.5, 0.6) is 0 Å². The number of aryl methyl sites for hydroxylation is 1. The highest BCUT2D eigenvalue weighted by Gasteiger charge is 2.43. The summed E-state index contributed by atoms with van der Waals surface area (Å²) in [5.41, 5.74) is 1.98. The van der Waals surface area contributed by atoms with Crippen LogP contribution in [0, 0.1) is 6.92 Å². The minimum absolute atomic E-state index is 0.0312. The Morgan fingerprint density at radius 2 is 2.00 bits per heavy atom. The summed E-state index contributed by atoms with van der Waals surface area (Å²) in [5, 5.41) is 5.29. The normalized spacial score (nSPS) is 22.4. The van der Waals surface area contributed by atoms with Gasteiger partial charge in [0.05, 0.1) is 12.1 Å². The zero-order chi connectivity index (χ0) is 11.8. The molecule has 0 unspecified atom stereocenters. The van der Waals surface area contributed by atoms with Gasteiger partial charge in [-0.25, -0.2) is 0 Å². The summed E-state index contributed by atoms with van der Waals surface area (Å²) >= 11 is 1.70. The number of rotatable bonds is 3. The van der Waals surface area contributed by atoms with Crippen molar-refractivity contribution in [2.75, 3.05) is 0 Å². The van der Waals surface area contributed by atoms with Gasteiger partial charge in [0.2, 0.25) is 0 Å². The van der Waals surface area contributed by atoms with Crippen molar-refractivity contribution in [3.8, 4) is 0 Å². The summed E-state index contributed by atoms with van der Waals surface area (Å²) in [4.78, 5) is 13.4. The molecule has 1 aromatic heterocycles. The maximum Gasteiger partial charge on any atom is 0.181 e. The molecule has 3 heteroatoms. The molecule has 1 aromatic carbocycles. The van der Waals surface area contributed by atoms with Crippen LogP contribution in [0.4, 0.5) is 0 Å². The number of thiophene rings is 1. The number of benzene rings is 1. The molecule has 1 fully saturated rings. The summed E-state index contributed by atoms with van der Waals surface area (Å²) in [6, 6.07) is 12.1. The number of carbonyl (C=O) groups is 1. The third-order valence-electron chi connectivity index (χ3n) is 3.05. The van der Waals surface area contributed by atoms with Gasteiger partial charge in [0.1, 0.15) is 0 Å². The smallest absolute Gasteiger partial charge is 0.181 e. The first-order valence-corrected chi connectivity index (χ1v) is 6.54. The van der Waals surface area contributed by atoms with E-state index >= 15 is 0 Å². The molecule has 1 aliphatic rings. The molecule has 2 heterocycles. The highest BCUT2D eigenvalue weighted by molar-refractivity contribution is 7.10. The average Bonchev–Trinajstić information content (AvgIpc) is 2.95. The van der Waals surface area contributed by atoms with Gasteiger partial charge in [-0.2, -0.15) is 0 Å². The Balaban J connectivity index is 1.75. The Labute approximate surface area is 104 Å². The van der Waals surface area contributed by atoms with Crippen molar-refractivity contribution >= 4 is 17.1 Å². The fourth-order valence-electron chi connectivity index (χ4n) is 1.98. The molecule has 86 valence electrons. The van der Waals surface area contributed by atoms with Gasteiger partial charge in [-0.1, -0.05) is 35.9 Å². The van der Waals surface area contributed by atoms with Crippen molar-refractivity contribution in [2.24, 2.45) is 0 Å². The quantitative estimate of drug-likeness (QED) is 0.665. The van der Waals surface area contributed by atoms with Crippen molar-refractivity contribution in [1.29, 1.82) is 0 Å². The minimum Gasteiger partial charge on any atom is -0.296 e. The second-order valence-corrected chi connectivity index (χ2v) is 5.35. The number of carbonyl (C=O) groups excluding carboxylic acids is 1. The van der Waals surface area contributed by atoms with E-state index in [1.165, 1.54) is 10.4 Å². The van der Waals surface area contributed by atoms with Crippen LogP contribution in [0.15, 0.2) is 41.8 Å². The van der Waals surface area contributed by atoms with Crippen LogP contribution < -0.4 is 5.32 Å². The first kappa shape index (κ1) is 10.7. The molecule has 2 aromatic rings. The standard InChI is InChI=1S/C14H13NOS/c1-9-4-6-10(7-5-9)14(16)13-12(15-13)11-3-2-8-17-11/h2-8,12-13,15H,1H3/t12-,13+/m0/s1. The largest absolute Gasteiger partial charge is 0.296 e. The number of nitrogens with one attached hydrogen (secondary N) is 1. The van der Waals surface area contributed by atoms with Crippen LogP contribution in [0.2, 0.25) is 0 Å². The van der Waals surface area contributed by atoms with Gasteiger partial charge < -0.3 is 0 Å². The van der Waals surface area contributed by atoms with Gasteiger partial charge in [0.25, 0.3) is 0 Å². The summed E-state index contributed by atoms with van der Waals surface area (Å²) in [7, 11) is 0. The minimum atomic E-state index is -0.0312. The van der Waals surface area contributed by atoms with Crippen LogP contribution in [0.3, 0.4) is 0 Å². The van der Waals surface area contributed by atoms with Gasteiger partial charge in [-0.05, 0) is 18.4 Å². The van der Waals surface area contributed by atoms with Crippen molar-refractivity contribution in [1.82, 2.24) is 5.32 Å². The predicted molar refractivity (Wildman–Crippen MR) is 69.5 cm³/mol. The lowest BCUT2D eigenvalue weighted by Gasteiger charge is -1.99. The van der Waals surface area contributed by atoms with E-state index in [9.17, 15) is 4.79 Å². The number of hydrogen-bond donors (Lipinski definition) is 1. The maximum atomic E-state index is 12.2. The van der Waals surface area contributed by atoms with Crippen LogP contribution in [-0.4, -0.2) is 11.8 Å². The Kier molecular flexibility index (Phi) is 2.57. The summed E-state index contributed by atoms with van der Waals surface area (Å²) in [6.45, 7) is 2.03. The third kappa shape index (κ3) is 2.04. The SMILES string of the molecule is Cc1ccc(C(=O)[C@@H]2N[C@H]2c2cccs2)cc1. The van der Waals surface area contributed by atoms with Crippen LogP contribution in [-0.2, 0) is 0 Å². The van der Waals surface area contributed by atoms with Gasteiger partial charge >= 0.3 is 0 Å².